The van der Waals surface area contributed by atoms with E-state index in [1.165, 1.54) is 12.1 Å². The van der Waals surface area contributed by atoms with Gasteiger partial charge in [0.2, 0.25) is 0 Å². The summed E-state index contributed by atoms with van der Waals surface area (Å²) in [5.74, 6) is -0.512. The average molecular weight is 363 g/mol. The molecule has 0 bridgehead atoms. The average Bonchev–Trinajstić information content (AvgIpc) is 2.65. The van der Waals surface area contributed by atoms with Gasteiger partial charge in [-0.2, -0.15) is 0 Å². The summed E-state index contributed by atoms with van der Waals surface area (Å²) < 4.78 is 13.2. The first-order valence-electron chi connectivity index (χ1n) is 8.26. The van der Waals surface area contributed by atoms with Crippen molar-refractivity contribution in [3.05, 3.63) is 53.1 Å². The van der Waals surface area contributed by atoms with Crippen LogP contribution in [-0.2, 0) is 0 Å². The predicted molar refractivity (Wildman–Crippen MR) is 96.9 cm³/mol. The Kier molecular flexibility index (Phi) is 5.50. The zero-order chi connectivity index (χ0) is 17.8. The molecule has 1 amide bonds. The number of nitrogens with one attached hydrogen (secondary N) is 1. The monoisotopic (exact) mass is 362 g/mol. The number of hydrogen-bond acceptors (Lipinski definition) is 4. The Bertz CT molecular complexity index is 745. The number of likely N-dealkylation sites (N-methyl/N-ethyl adjacent to an activating group) is 1. The van der Waals surface area contributed by atoms with E-state index >= 15 is 0 Å². The zero-order valence-electron chi connectivity index (χ0n) is 14.0. The summed E-state index contributed by atoms with van der Waals surface area (Å²) in [6.07, 6.45) is 1.59. The van der Waals surface area contributed by atoms with E-state index in [0.29, 0.717) is 17.1 Å². The quantitative estimate of drug-likeness (QED) is 0.905. The number of hydrogen-bond donors (Lipinski definition) is 1. The molecular weight excluding hydrogens is 343 g/mol. The van der Waals surface area contributed by atoms with Crippen molar-refractivity contribution in [1.29, 1.82) is 0 Å². The highest BCUT2D eigenvalue weighted by Gasteiger charge is 2.22. The van der Waals surface area contributed by atoms with Crippen molar-refractivity contribution in [1.82, 2.24) is 14.8 Å². The van der Waals surface area contributed by atoms with E-state index in [4.69, 9.17) is 11.6 Å². The largest absolute Gasteiger partial charge is 0.354 e. The molecule has 0 unspecified atom stereocenters. The maximum absolute atomic E-state index is 13.2. The molecule has 132 valence electrons. The van der Waals surface area contributed by atoms with E-state index < -0.39 is 5.82 Å². The molecule has 7 heteroatoms. The van der Waals surface area contributed by atoms with Gasteiger partial charge in [-0.1, -0.05) is 18.5 Å². The predicted octanol–water partition coefficient (Wildman–Crippen LogP) is 3.40. The minimum absolute atomic E-state index is 0.0490. The Morgan fingerprint density at radius 2 is 1.92 bits per heavy atom. The van der Waals surface area contributed by atoms with Crippen LogP contribution in [0.15, 0.2) is 36.5 Å². The lowest BCUT2D eigenvalue weighted by Crippen LogP contribution is -2.48. The SMILES string of the molecule is CCN1CCN(C(=O)c2ccc(Nc3ccc(F)c(Cl)c3)cn2)CC1. The molecule has 2 aromatic rings. The number of piperazine rings is 1. The van der Waals surface area contributed by atoms with Gasteiger partial charge in [-0.15, -0.1) is 0 Å². The number of pyridine rings is 1. The number of rotatable bonds is 4. The van der Waals surface area contributed by atoms with Crippen LogP contribution in [0.5, 0.6) is 0 Å². The molecule has 1 aliphatic rings. The van der Waals surface area contributed by atoms with Gasteiger partial charge in [0, 0.05) is 31.9 Å². The molecule has 3 rings (SSSR count). The molecule has 1 aromatic carbocycles. The lowest BCUT2D eigenvalue weighted by Gasteiger charge is -2.33. The van der Waals surface area contributed by atoms with Crippen molar-refractivity contribution < 1.29 is 9.18 Å². The molecule has 5 nitrogen and oxygen atoms in total. The van der Waals surface area contributed by atoms with Gasteiger partial charge in [0.05, 0.1) is 16.9 Å². The summed E-state index contributed by atoms with van der Waals surface area (Å²) in [6.45, 7) is 6.37. The number of carbonyl (C=O) groups is 1. The van der Waals surface area contributed by atoms with Crippen molar-refractivity contribution in [3.63, 3.8) is 0 Å². The van der Waals surface area contributed by atoms with Crippen LogP contribution in [0.2, 0.25) is 5.02 Å². The van der Waals surface area contributed by atoms with Crippen LogP contribution in [0.3, 0.4) is 0 Å². The van der Waals surface area contributed by atoms with E-state index in [1.54, 1.807) is 24.4 Å². The third-order valence-corrected chi connectivity index (χ3v) is 4.59. The van der Waals surface area contributed by atoms with Gasteiger partial charge in [-0.3, -0.25) is 4.79 Å². The van der Waals surface area contributed by atoms with Gasteiger partial charge >= 0.3 is 0 Å². The van der Waals surface area contributed by atoms with Crippen LogP contribution in [0.4, 0.5) is 15.8 Å². The van der Waals surface area contributed by atoms with Gasteiger partial charge < -0.3 is 15.1 Å². The minimum atomic E-state index is -0.463. The third-order valence-electron chi connectivity index (χ3n) is 4.30. The Hall–Kier alpha value is -2.18. The molecule has 0 atom stereocenters. The standard InChI is InChI=1S/C18H20ClFN4O/c1-2-23-7-9-24(10-8-23)18(25)17-6-4-14(12-21-17)22-13-3-5-16(20)15(19)11-13/h3-6,11-12,22H,2,7-10H2,1H3. The van der Waals surface area contributed by atoms with E-state index in [1.807, 2.05) is 4.90 Å². The Balaban J connectivity index is 1.63. The molecule has 1 aromatic heterocycles. The fourth-order valence-electron chi connectivity index (χ4n) is 2.76. The maximum Gasteiger partial charge on any atom is 0.272 e. The third kappa shape index (κ3) is 4.27. The van der Waals surface area contributed by atoms with Crippen molar-refractivity contribution >= 4 is 28.9 Å². The molecule has 1 N–H and O–H groups in total. The van der Waals surface area contributed by atoms with Crippen molar-refractivity contribution in [2.75, 3.05) is 38.0 Å². The summed E-state index contributed by atoms with van der Waals surface area (Å²) in [5.41, 5.74) is 1.78. The number of halogens is 2. The van der Waals surface area contributed by atoms with Crippen molar-refractivity contribution in [2.45, 2.75) is 6.92 Å². The summed E-state index contributed by atoms with van der Waals surface area (Å²) in [4.78, 5) is 20.9. The molecular formula is C18H20ClFN4O. The molecule has 0 aliphatic carbocycles. The Morgan fingerprint density at radius 3 is 2.52 bits per heavy atom. The zero-order valence-corrected chi connectivity index (χ0v) is 14.8. The van der Waals surface area contributed by atoms with E-state index in [9.17, 15) is 9.18 Å². The summed E-state index contributed by atoms with van der Waals surface area (Å²) in [5, 5.41) is 3.14. The summed E-state index contributed by atoms with van der Waals surface area (Å²) in [6, 6.07) is 7.87. The highest BCUT2D eigenvalue weighted by atomic mass is 35.5. The highest BCUT2D eigenvalue weighted by molar-refractivity contribution is 6.31. The van der Waals surface area contributed by atoms with Crippen LogP contribution < -0.4 is 5.32 Å². The first-order valence-corrected chi connectivity index (χ1v) is 8.64. The Labute approximate surface area is 151 Å². The van der Waals surface area contributed by atoms with Crippen LogP contribution in [-0.4, -0.2) is 53.4 Å². The van der Waals surface area contributed by atoms with Gasteiger partial charge in [-0.05, 0) is 36.9 Å². The fraction of sp³-hybridized carbons (Fsp3) is 0.333. The number of aromatic nitrogens is 1. The van der Waals surface area contributed by atoms with Crippen LogP contribution in [0, 0.1) is 5.82 Å². The second kappa shape index (κ2) is 7.80. The fourth-order valence-corrected chi connectivity index (χ4v) is 2.94. The smallest absolute Gasteiger partial charge is 0.272 e. The lowest BCUT2D eigenvalue weighted by atomic mass is 10.2. The molecule has 1 saturated heterocycles. The topological polar surface area (TPSA) is 48.5 Å². The normalized spacial score (nSPS) is 15.2. The van der Waals surface area contributed by atoms with Crippen molar-refractivity contribution in [3.8, 4) is 0 Å². The van der Waals surface area contributed by atoms with Gasteiger partial charge in [0.15, 0.2) is 0 Å². The molecule has 0 spiro atoms. The first-order chi connectivity index (χ1) is 12.1. The summed E-state index contributed by atoms with van der Waals surface area (Å²) in [7, 11) is 0. The van der Waals surface area contributed by atoms with E-state index in [-0.39, 0.29) is 10.9 Å². The maximum atomic E-state index is 13.2. The van der Waals surface area contributed by atoms with E-state index in [0.717, 1.165) is 32.7 Å². The molecule has 25 heavy (non-hydrogen) atoms. The number of amides is 1. The van der Waals surface area contributed by atoms with Gasteiger partial charge in [-0.25, -0.2) is 9.37 Å². The lowest BCUT2D eigenvalue weighted by molar-refractivity contribution is 0.0637. The molecule has 2 heterocycles. The van der Waals surface area contributed by atoms with Crippen LogP contribution >= 0.6 is 11.6 Å². The van der Waals surface area contributed by atoms with Gasteiger partial charge in [0.25, 0.3) is 5.91 Å². The van der Waals surface area contributed by atoms with Gasteiger partial charge in [0.1, 0.15) is 11.5 Å². The second-order valence-electron chi connectivity index (χ2n) is 5.91. The van der Waals surface area contributed by atoms with Crippen LogP contribution in [0.25, 0.3) is 0 Å². The van der Waals surface area contributed by atoms with E-state index in [2.05, 4.69) is 22.1 Å². The molecule has 1 aliphatic heterocycles. The number of anilines is 2. The molecule has 0 radical (unpaired) electrons. The number of carbonyl (C=O) groups excluding carboxylic acids is 1. The molecule has 1 fully saturated rings. The highest BCUT2D eigenvalue weighted by Crippen LogP contribution is 2.22. The second-order valence-corrected chi connectivity index (χ2v) is 6.32. The minimum Gasteiger partial charge on any atom is -0.354 e. The summed E-state index contributed by atoms with van der Waals surface area (Å²) >= 11 is 5.77. The number of benzene rings is 1. The first kappa shape index (κ1) is 17.6. The van der Waals surface area contributed by atoms with Crippen LogP contribution in [0.1, 0.15) is 17.4 Å². The molecule has 0 saturated carbocycles. The van der Waals surface area contributed by atoms with Crippen molar-refractivity contribution in [2.24, 2.45) is 0 Å². The number of nitrogens with zero attached hydrogens (tertiary/aromatic N) is 3. The Morgan fingerprint density at radius 1 is 1.20 bits per heavy atom.